The van der Waals surface area contributed by atoms with Crippen LogP contribution in [0.25, 0.3) is 10.8 Å². The maximum atomic E-state index is 12.0. The summed E-state index contributed by atoms with van der Waals surface area (Å²) >= 11 is 0. The molecule has 0 saturated carbocycles. The van der Waals surface area contributed by atoms with Crippen LogP contribution in [0.1, 0.15) is 141 Å². The Labute approximate surface area is 250 Å². The molecule has 0 fully saturated rings. The first-order valence-electron chi connectivity index (χ1n) is 15.0. The van der Waals surface area contributed by atoms with Crippen LogP contribution in [0.4, 0.5) is 0 Å². The predicted octanol–water partition coefficient (Wildman–Crippen LogP) is 6.89. The van der Waals surface area contributed by atoms with E-state index < -0.39 is 10.1 Å². The molecule has 0 aliphatic rings. The van der Waals surface area contributed by atoms with E-state index >= 15 is 0 Å². The summed E-state index contributed by atoms with van der Waals surface area (Å²) in [4.78, 5) is -0.0187. The van der Waals surface area contributed by atoms with Crippen molar-refractivity contribution in [2.24, 2.45) is 0 Å². The molecule has 0 bridgehead atoms. The molecule has 5 heteroatoms. The molecule has 0 atom stereocenters. The van der Waals surface area contributed by atoms with Crippen molar-refractivity contribution in [2.45, 2.75) is 147 Å². The Hall–Kier alpha value is -0.390. The minimum atomic E-state index is -4.48. The maximum Gasteiger partial charge on any atom is 1.00 e. The van der Waals surface area contributed by atoms with Crippen molar-refractivity contribution < 1.29 is 42.5 Å². The van der Waals surface area contributed by atoms with Gasteiger partial charge in [-0.2, -0.15) is 0 Å². The van der Waals surface area contributed by atoms with E-state index in [0.717, 1.165) is 42.0 Å². The van der Waals surface area contributed by atoms with Crippen LogP contribution in [0.3, 0.4) is 0 Å². The SMILES string of the molecule is CCCCCCCCCCCc1ccc2ccc(S(=O)(=O)[O-])c(CCCCCCCCCCC)c2c1.[Na+]. The first-order chi connectivity index (χ1) is 17.5. The normalized spacial score (nSPS) is 11.6. The Bertz CT molecular complexity index is 971. The van der Waals surface area contributed by atoms with Gasteiger partial charge in [-0.3, -0.25) is 0 Å². The van der Waals surface area contributed by atoms with Crippen molar-refractivity contribution in [1.82, 2.24) is 0 Å². The molecule has 204 valence electrons. The zero-order valence-corrected chi connectivity index (χ0v) is 27.0. The molecule has 3 nitrogen and oxygen atoms in total. The van der Waals surface area contributed by atoms with Crippen LogP contribution in [0.5, 0.6) is 0 Å². The van der Waals surface area contributed by atoms with Gasteiger partial charge in [-0.05, 0) is 53.6 Å². The van der Waals surface area contributed by atoms with Crippen molar-refractivity contribution in [3.05, 3.63) is 41.5 Å². The van der Waals surface area contributed by atoms with Crippen LogP contribution in [0.15, 0.2) is 35.2 Å². The van der Waals surface area contributed by atoms with Crippen molar-refractivity contribution in [2.75, 3.05) is 0 Å². The van der Waals surface area contributed by atoms with Crippen LogP contribution in [0, 0.1) is 0 Å². The first kappa shape index (κ1) is 34.6. The first-order valence-corrected chi connectivity index (χ1v) is 16.4. The number of unbranched alkanes of at least 4 members (excludes halogenated alkanes) is 16. The monoisotopic (exact) mass is 538 g/mol. The number of rotatable bonds is 21. The third-order valence-corrected chi connectivity index (χ3v) is 8.44. The van der Waals surface area contributed by atoms with Gasteiger partial charge in [-0.15, -0.1) is 0 Å². The number of fused-ring (bicyclic) bond motifs is 1. The van der Waals surface area contributed by atoms with E-state index in [1.807, 2.05) is 0 Å². The van der Waals surface area contributed by atoms with Gasteiger partial charge in [-0.25, -0.2) is 8.42 Å². The minimum absolute atomic E-state index is 0. The average Bonchev–Trinajstić information content (AvgIpc) is 2.86. The van der Waals surface area contributed by atoms with E-state index in [2.05, 4.69) is 32.0 Å². The molecule has 0 amide bonds. The zero-order valence-electron chi connectivity index (χ0n) is 24.2. The number of aryl methyl sites for hydroxylation is 2. The molecule has 0 aromatic heterocycles. The Morgan fingerprint density at radius 2 is 1.03 bits per heavy atom. The summed E-state index contributed by atoms with van der Waals surface area (Å²) < 4.78 is 36.1. The molecule has 0 aliphatic heterocycles. The van der Waals surface area contributed by atoms with E-state index in [9.17, 15) is 13.0 Å². The number of hydrogen-bond donors (Lipinski definition) is 0. The second-order valence-electron chi connectivity index (χ2n) is 10.7. The van der Waals surface area contributed by atoms with Crippen molar-refractivity contribution in [3.8, 4) is 0 Å². The maximum absolute atomic E-state index is 12.0. The Morgan fingerprint density at radius 1 is 0.595 bits per heavy atom. The average molecular weight is 539 g/mol. The Balaban J connectivity index is 0.00000684. The quantitative estimate of drug-likeness (QED) is 0.0987. The van der Waals surface area contributed by atoms with Gasteiger partial charge in [0.1, 0.15) is 10.1 Å². The fraction of sp³-hybridized carbons (Fsp3) is 0.688. The summed E-state index contributed by atoms with van der Waals surface area (Å²) in [5.74, 6) is 0. The molecule has 0 radical (unpaired) electrons. The van der Waals surface area contributed by atoms with E-state index in [-0.39, 0.29) is 34.5 Å². The molecule has 2 rings (SSSR count). The molecule has 0 N–H and O–H groups in total. The smallest absolute Gasteiger partial charge is 0.744 e. The van der Waals surface area contributed by atoms with E-state index in [4.69, 9.17) is 0 Å². The summed E-state index contributed by atoms with van der Waals surface area (Å²) in [5.41, 5.74) is 1.98. The van der Waals surface area contributed by atoms with Gasteiger partial charge in [-0.1, -0.05) is 141 Å². The summed E-state index contributed by atoms with van der Waals surface area (Å²) in [6.45, 7) is 4.50. The topological polar surface area (TPSA) is 57.2 Å². The second kappa shape index (κ2) is 20.5. The fourth-order valence-electron chi connectivity index (χ4n) is 5.31. The predicted molar refractivity (Wildman–Crippen MR) is 154 cm³/mol. The summed E-state index contributed by atoms with van der Waals surface area (Å²) in [7, 11) is -4.48. The second-order valence-corrected chi connectivity index (χ2v) is 12.1. The molecule has 37 heavy (non-hydrogen) atoms. The van der Waals surface area contributed by atoms with Crippen LogP contribution in [-0.4, -0.2) is 13.0 Å². The van der Waals surface area contributed by atoms with E-state index in [0.29, 0.717) is 6.42 Å². The summed E-state index contributed by atoms with van der Waals surface area (Å²) in [6.07, 6.45) is 24.4. The molecule has 2 aromatic carbocycles. The third kappa shape index (κ3) is 14.0. The summed E-state index contributed by atoms with van der Waals surface area (Å²) in [6, 6.07) is 9.73. The van der Waals surface area contributed by atoms with E-state index in [1.54, 1.807) is 6.07 Å². The standard InChI is InChI=1S/C32H52O3S.Na/c1-3-5-7-9-11-13-15-17-19-21-28-23-24-29-25-26-32(36(33,34)35)30(31(29)27-28)22-20-18-16-14-12-10-8-6-4-2;/h23-27H,3-22H2,1-2H3,(H,33,34,35);/q;+1/p-1. The van der Waals surface area contributed by atoms with Gasteiger partial charge in [0.2, 0.25) is 0 Å². The molecular formula is C32H51NaO3S. The number of hydrogen-bond acceptors (Lipinski definition) is 3. The van der Waals surface area contributed by atoms with Crippen LogP contribution >= 0.6 is 0 Å². The molecule has 0 heterocycles. The molecule has 0 spiro atoms. The van der Waals surface area contributed by atoms with Gasteiger partial charge in [0.15, 0.2) is 0 Å². The van der Waals surface area contributed by atoms with Crippen molar-refractivity contribution in [3.63, 3.8) is 0 Å². The van der Waals surface area contributed by atoms with Gasteiger partial charge >= 0.3 is 29.6 Å². The largest absolute Gasteiger partial charge is 1.00 e. The minimum Gasteiger partial charge on any atom is -0.744 e. The van der Waals surface area contributed by atoms with E-state index in [1.165, 1.54) is 108 Å². The van der Waals surface area contributed by atoms with Gasteiger partial charge < -0.3 is 4.55 Å². The van der Waals surface area contributed by atoms with Gasteiger partial charge in [0.05, 0.1) is 4.90 Å². The molecular weight excluding hydrogens is 487 g/mol. The third-order valence-electron chi connectivity index (χ3n) is 7.52. The zero-order chi connectivity index (χ0) is 26.1. The summed E-state index contributed by atoms with van der Waals surface area (Å²) in [5, 5.41) is 1.99. The van der Waals surface area contributed by atoms with Gasteiger partial charge in [0.25, 0.3) is 0 Å². The van der Waals surface area contributed by atoms with Crippen LogP contribution in [0.2, 0.25) is 0 Å². The molecule has 0 aliphatic carbocycles. The molecule has 0 unspecified atom stereocenters. The molecule has 0 saturated heterocycles. The van der Waals surface area contributed by atoms with Crippen LogP contribution in [-0.2, 0) is 23.0 Å². The Morgan fingerprint density at radius 3 is 1.51 bits per heavy atom. The Kier molecular flexibility index (Phi) is 19.2. The van der Waals surface area contributed by atoms with Crippen molar-refractivity contribution in [1.29, 1.82) is 0 Å². The van der Waals surface area contributed by atoms with Crippen LogP contribution < -0.4 is 29.6 Å². The number of benzene rings is 2. The molecule has 2 aromatic rings. The fourth-order valence-corrected chi connectivity index (χ4v) is 6.06. The van der Waals surface area contributed by atoms with Gasteiger partial charge in [0, 0.05) is 0 Å². The van der Waals surface area contributed by atoms with Crippen molar-refractivity contribution >= 4 is 20.9 Å².